The molecule has 0 aliphatic carbocycles. The van der Waals surface area contributed by atoms with Gasteiger partial charge in [0.15, 0.2) is 0 Å². The highest BCUT2D eigenvalue weighted by Gasteiger charge is 2.20. The van der Waals surface area contributed by atoms with Gasteiger partial charge in [0.05, 0.1) is 12.0 Å². The molecule has 8 heteroatoms. The topological polar surface area (TPSA) is 75.7 Å². The number of nitrogens with zero attached hydrogens (tertiary/aromatic N) is 1. The van der Waals surface area contributed by atoms with Gasteiger partial charge < -0.3 is 10.1 Å². The summed E-state index contributed by atoms with van der Waals surface area (Å²) in [6, 6.07) is 11.8. The molecular weight excluding hydrogens is 432 g/mol. The van der Waals surface area contributed by atoms with Crippen LogP contribution in [-0.2, 0) is 14.8 Å². The van der Waals surface area contributed by atoms with Crippen LogP contribution in [0.5, 0.6) is 5.75 Å². The minimum Gasteiger partial charge on any atom is -0.497 e. The second-order valence-corrected chi connectivity index (χ2v) is 9.07. The average Bonchev–Trinajstić information content (AvgIpc) is 2.64. The van der Waals surface area contributed by atoms with Crippen LogP contribution in [0.2, 0.25) is 0 Å². The summed E-state index contributed by atoms with van der Waals surface area (Å²) in [4.78, 5) is 12.3. The first-order valence-corrected chi connectivity index (χ1v) is 10.6. The molecule has 146 valence electrons. The molecule has 0 saturated carbocycles. The van der Waals surface area contributed by atoms with E-state index < -0.39 is 10.0 Å². The van der Waals surface area contributed by atoms with Crippen LogP contribution in [0.1, 0.15) is 18.4 Å². The molecule has 6 nitrogen and oxygen atoms in total. The summed E-state index contributed by atoms with van der Waals surface area (Å²) in [7, 11) is -0.557. The molecule has 0 radical (unpaired) electrons. The first-order valence-electron chi connectivity index (χ1n) is 8.40. The monoisotopic (exact) mass is 454 g/mol. The van der Waals surface area contributed by atoms with Crippen LogP contribution < -0.4 is 10.1 Å². The van der Waals surface area contributed by atoms with Gasteiger partial charge in [0.25, 0.3) is 0 Å². The van der Waals surface area contributed by atoms with Gasteiger partial charge in [-0.2, -0.15) is 0 Å². The molecule has 2 aromatic carbocycles. The van der Waals surface area contributed by atoms with E-state index in [9.17, 15) is 13.2 Å². The molecular formula is C19H23BrN2O4S. The van der Waals surface area contributed by atoms with Gasteiger partial charge >= 0.3 is 0 Å². The second kappa shape index (κ2) is 9.34. The van der Waals surface area contributed by atoms with Gasteiger partial charge in [-0.1, -0.05) is 15.9 Å². The standard InChI is InChI=1S/C19H23BrN2O4S/c1-14-13-15(20)6-11-18(14)21-19(23)5-4-12-22(2)27(24,25)17-9-7-16(26-3)8-10-17/h6-11,13H,4-5,12H2,1-3H3,(H,21,23). The quantitative estimate of drug-likeness (QED) is 0.657. The Bertz CT molecular complexity index is 898. The Morgan fingerprint density at radius 1 is 1.19 bits per heavy atom. The average molecular weight is 455 g/mol. The first-order chi connectivity index (χ1) is 12.7. The summed E-state index contributed by atoms with van der Waals surface area (Å²) in [6.45, 7) is 2.16. The fourth-order valence-corrected chi connectivity index (χ4v) is 4.18. The highest BCUT2D eigenvalue weighted by Crippen LogP contribution is 2.21. The van der Waals surface area contributed by atoms with Crippen molar-refractivity contribution in [3.63, 3.8) is 0 Å². The maximum atomic E-state index is 12.6. The number of nitrogens with one attached hydrogen (secondary N) is 1. The van der Waals surface area contributed by atoms with Crippen LogP contribution in [0.3, 0.4) is 0 Å². The largest absolute Gasteiger partial charge is 0.497 e. The van der Waals surface area contributed by atoms with Crippen molar-refractivity contribution in [2.45, 2.75) is 24.7 Å². The molecule has 1 N–H and O–H groups in total. The summed E-state index contributed by atoms with van der Waals surface area (Å²) < 4.78 is 32.4. The van der Waals surface area contributed by atoms with Crippen molar-refractivity contribution < 1.29 is 17.9 Å². The molecule has 0 aliphatic heterocycles. The second-order valence-electron chi connectivity index (χ2n) is 6.11. The molecule has 0 unspecified atom stereocenters. The molecule has 0 aromatic heterocycles. The fraction of sp³-hybridized carbons (Fsp3) is 0.316. The highest BCUT2D eigenvalue weighted by atomic mass is 79.9. The Labute approximate surface area is 168 Å². The molecule has 0 aliphatic rings. The maximum absolute atomic E-state index is 12.6. The number of amides is 1. The zero-order chi connectivity index (χ0) is 20.0. The van der Waals surface area contributed by atoms with Crippen molar-refractivity contribution >= 4 is 37.5 Å². The molecule has 2 rings (SSSR count). The minimum atomic E-state index is -3.59. The fourth-order valence-electron chi connectivity index (χ4n) is 2.49. The Morgan fingerprint density at radius 2 is 1.85 bits per heavy atom. The number of sulfonamides is 1. The smallest absolute Gasteiger partial charge is 0.242 e. The van der Waals surface area contributed by atoms with Crippen LogP contribution in [0.15, 0.2) is 51.8 Å². The first kappa shape index (κ1) is 21.4. The van der Waals surface area contributed by atoms with E-state index in [1.807, 2.05) is 25.1 Å². The Kier molecular flexibility index (Phi) is 7.41. The van der Waals surface area contributed by atoms with E-state index in [1.54, 1.807) is 12.1 Å². The minimum absolute atomic E-state index is 0.143. The third-order valence-corrected chi connectivity index (χ3v) is 6.47. The van der Waals surface area contributed by atoms with Gasteiger partial charge in [-0.25, -0.2) is 12.7 Å². The molecule has 0 heterocycles. The molecule has 0 atom stereocenters. The number of aryl methyl sites for hydroxylation is 1. The number of carbonyl (C=O) groups excluding carboxylic acids is 1. The number of benzene rings is 2. The van der Waals surface area contributed by atoms with Crippen molar-refractivity contribution in [3.8, 4) is 5.75 Å². The van der Waals surface area contributed by atoms with Crippen LogP contribution in [0.25, 0.3) is 0 Å². The lowest BCUT2D eigenvalue weighted by Gasteiger charge is -2.17. The highest BCUT2D eigenvalue weighted by molar-refractivity contribution is 9.10. The van der Waals surface area contributed by atoms with Crippen molar-refractivity contribution in [1.82, 2.24) is 4.31 Å². The maximum Gasteiger partial charge on any atom is 0.242 e. The lowest BCUT2D eigenvalue weighted by atomic mass is 10.2. The van der Waals surface area contributed by atoms with Gasteiger partial charge in [0.2, 0.25) is 15.9 Å². The van der Waals surface area contributed by atoms with E-state index in [2.05, 4.69) is 21.2 Å². The van der Waals surface area contributed by atoms with Gasteiger partial charge in [0, 0.05) is 30.2 Å². The number of rotatable bonds is 8. The summed E-state index contributed by atoms with van der Waals surface area (Å²) in [5.74, 6) is 0.451. The number of methoxy groups -OCH3 is 1. The lowest BCUT2D eigenvalue weighted by molar-refractivity contribution is -0.116. The number of anilines is 1. The van der Waals surface area contributed by atoms with Crippen molar-refractivity contribution in [1.29, 1.82) is 0 Å². The summed E-state index contributed by atoms with van der Waals surface area (Å²) in [5.41, 5.74) is 1.71. The SMILES string of the molecule is COc1ccc(S(=O)(=O)N(C)CCCC(=O)Nc2ccc(Br)cc2C)cc1. The molecule has 2 aromatic rings. The number of carbonyl (C=O) groups is 1. The third-order valence-electron chi connectivity index (χ3n) is 4.11. The van der Waals surface area contributed by atoms with E-state index in [-0.39, 0.29) is 23.8 Å². The van der Waals surface area contributed by atoms with E-state index in [1.165, 1.54) is 30.6 Å². The van der Waals surface area contributed by atoms with Crippen LogP contribution >= 0.6 is 15.9 Å². The van der Waals surface area contributed by atoms with Crippen LogP contribution in [0, 0.1) is 6.92 Å². The Balaban J connectivity index is 1.88. The number of ether oxygens (including phenoxy) is 1. The van der Waals surface area contributed by atoms with Crippen molar-refractivity contribution in [2.24, 2.45) is 0 Å². The summed E-state index contributed by atoms with van der Waals surface area (Å²) in [5, 5.41) is 2.85. The van der Waals surface area contributed by atoms with Crippen molar-refractivity contribution in [3.05, 3.63) is 52.5 Å². The third kappa shape index (κ3) is 5.79. The van der Waals surface area contributed by atoms with Crippen molar-refractivity contribution in [2.75, 3.05) is 26.0 Å². The van der Waals surface area contributed by atoms with Gasteiger partial charge in [-0.15, -0.1) is 0 Å². The van der Waals surface area contributed by atoms with Crippen LogP contribution in [-0.4, -0.2) is 39.3 Å². The molecule has 0 spiro atoms. The zero-order valence-corrected chi connectivity index (χ0v) is 17.9. The predicted octanol–water partition coefficient (Wildman–Crippen LogP) is 3.81. The predicted molar refractivity (Wildman–Crippen MR) is 110 cm³/mol. The Morgan fingerprint density at radius 3 is 2.44 bits per heavy atom. The summed E-state index contributed by atoms with van der Waals surface area (Å²) in [6.07, 6.45) is 0.658. The van der Waals surface area contributed by atoms with E-state index in [4.69, 9.17) is 4.74 Å². The number of hydrogen-bond donors (Lipinski definition) is 1. The number of hydrogen-bond acceptors (Lipinski definition) is 4. The molecule has 27 heavy (non-hydrogen) atoms. The van der Waals surface area contributed by atoms with Gasteiger partial charge in [-0.3, -0.25) is 4.79 Å². The van der Waals surface area contributed by atoms with Gasteiger partial charge in [0.1, 0.15) is 5.75 Å². The van der Waals surface area contributed by atoms with Gasteiger partial charge in [-0.05, 0) is 61.4 Å². The molecule has 0 bridgehead atoms. The molecule has 0 saturated heterocycles. The summed E-state index contributed by atoms with van der Waals surface area (Å²) >= 11 is 3.38. The normalized spacial score (nSPS) is 11.4. The van der Waals surface area contributed by atoms with E-state index >= 15 is 0 Å². The lowest BCUT2D eigenvalue weighted by Crippen LogP contribution is -2.28. The molecule has 0 fully saturated rings. The Hall–Kier alpha value is -1.90. The zero-order valence-electron chi connectivity index (χ0n) is 15.5. The van der Waals surface area contributed by atoms with E-state index in [0.29, 0.717) is 12.2 Å². The number of halogens is 1. The molecule has 1 amide bonds. The van der Waals surface area contributed by atoms with E-state index in [0.717, 1.165) is 15.7 Å². The van der Waals surface area contributed by atoms with Crippen LogP contribution in [0.4, 0.5) is 5.69 Å².